The third kappa shape index (κ3) is 5.02. The molecule has 0 aromatic carbocycles. The number of hydrogen-bond acceptors (Lipinski definition) is 3. The van der Waals surface area contributed by atoms with E-state index in [9.17, 15) is 4.79 Å². The summed E-state index contributed by atoms with van der Waals surface area (Å²) in [5, 5.41) is 0. The molecule has 0 aliphatic carbocycles. The summed E-state index contributed by atoms with van der Waals surface area (Å²) in [6, 6.07) is 0.286. The molecule has 0 aromatic rings. The van der Waals surface area contributed by atoms with Crippen molar-refractivity contribution < 1.29 is 9.53 Å². The summed E-state index contributed by atoms with van der Waals surface area (Å²) in [5.41, 5.74) is 0. The maximum absolute atomic E-state index is 11.0. The van der Waals surface area contributed by atoms with Crippen molar-refractivity contribution in [1.29, 1.82) is 0 Å². The molecule has 0 saturated heterocycles. The second kappa shape index (κ2) is 7.56. The predicted molar refractivity (Wildman–Crippen MR) is 58.2 cm³/mol. The fourth-order valence-corrected chi connectivity index (χ4v) is 1.33. The summed E-state index contributed by atoms with van der Waals surface area (Å²) in [4.78, 5) is 13.3. The van der Waals surface area contributed by atoms with Crippen molar-refractivity contribution in [2.24, 2.45) is 0 Å². The van der Waals surface area contributed by atoms with Crippen LogP contribution in [-0.4, -0.2) is 36.6 Å². The van der Waals surface area contributed by atoms with Crippen LogP contribution in [0.3, 0.4) is 0 Å². The van der Waals surface area contributed by atoms with E-state index in [1.165, 1.54) is 6.08 Å². The first-order valence-corrected chi connectivity index (χ1v) is 5.24. The van der Waals surface area contributed by atoms with E-state index in [1.54, 1.807) is 6.92 Å². The molecule has 0 amide bonds. The number of esters is 1. The van der Waals surface area contributed by atoms with Gasteiger partial charge in [-0.3, -0.25) is 4.90 Å². The van der Waals surface area contributed by atoms with Crippen LogP contribution in [0.4, 0.5) is 0 Å². The van der Waals surface area contributed by atoms with Crippen LogP contribution >= 0.6 is 0 Å². The number of likely N-dealkylation sites (N-methyl/N-ethyl adjacent to an activating group) is 1. The van der Waals surface area contributed by atoms with Gasteiger partial charge in [0.05, 0.1) is 6.61 Å². The highest BCUT2D eigenvalue weighted by Gasteiger charge is 2.06. The Morgan fingerprint density at radius 3 is 2.36 bits per heavy atom. The number of rotatable bonds is 6. The number of carbonyl (C=O) groups is 1. The molecule has 0 aromatic heterocycles. The Balaban J connectivity index is 4.02. The highest BCUT2D eigenvalue weighted by Crippen LogP contribution is 1.99. The molecular formula is C11H21NO2. The molecule has 0 rings (SSSR count). The van der Waals surface area contributed by atoms with Gasteiger partial charge in [-0.25, -0.2) is 4.79 Å². The Morgan fingerprint density at radius 1 is 1.36 bits per heavy atom. The molecule has 0 heterocycles. The van der Waals surface area contributed by atoms with Gasteiger partial charge in [0.1, 0.15) is 0 Å². The zero-order chi connectivity index (χ0) is 11.0. The van der Waals surface area contributed by atoms with Gasteiger partial charge >= 0.3 is 5.97 Å². The maximum atomic E-state index is 11.0. The molecule has 0 spiro atoms. The van der Waals surface area contributed by atoms with Crippen LogP contribution in [0.2, 0.25) is 0 Å². The van der Waals surface area contributed by atoms with Crippen molar-refractivity contribution >= 4 is 5.97 Å². The molecule has 3 nitrogen and oxygen atoms in total. The van der Waals surface area contributed by atoms with E-state index in [-0.39, 0.29) is 12.0 Å². The molecule has 3 heteroatoms. The van der Waals surface area contributed by atoms with Crippen LogP contribution < -0.4 is 0 Å². The topological polar surface area (TPSA) is 29.5 Å². The lowest BCUT2D eigenvalue weighted by atomic mass is 10.2. The van der Waals surface area contributed by atoms with Gasteiger partial charge in [0.2, 0.25) is 0 Å². The third-order valence-electron chi connectivity index (χ3n) is 2.19. The molecule has 0 radical (unpaired) electrons. The Labute approximate surface area is 86.7 Å². The van der Waals surface area contributed by atoms with Gasteiger partial charge in [-0.15, -0.1) is 0 Å². The van der Waals surface area contributed by atoms with Crippen molar-refractivity contribution in [3.05, 3.63) is 12.2 Å². The number of ether oxygens (including phenoxy) is 1. The van der Waals surface area contributed by atoms with E-state index in [2.05, 4.69) is 25.7 Å². The molecule has 0 saturated carbocycles. The van der Waals surface area contributed by atoms with Gasteiger partial charge in [0, 0.05) is 12.1 Å². The zero-order valence-corrected chi connectivity index (χ0v) is 9.62. The summed E-state index contributed by atoms with van der Waals surface area (Å²) >= 11 is 0. The van der Waals surface area contributed by atoms with Crippen LogP contribution in [0.5, 0.6) is 0 Å². The zero-order valence-electron chi connectivity index (χ0n) is 9.62. The van der Waals surface area contributed by atoms with Crippen molar-refractivity contribution in [2.75, 3.05) is 19.7 Å². The van der Waals surface area contributed by atoms with Crippen molar-refractivity contribution in [3.63, 3.8) is 0 Å². The van der Waals surface area contributed by atoms with E-state index in [0.29, 0.717) is 6.61 Å². The number of nitrogens with zero attached hydrogens (tertiary/aromatic N) is 1. The molecular weight excluding hydrogens is 178 g/mol. The quantitative estimate of drug-likeness (QED) is 0.483. The summed E-state index contributed by atoms with van der Waals surface area (Å²) < 4.78 is 4.80. The van der Waals surface area contributed by atoms with Gasteiger partial charge in [0.15, 0.2) is 0 Å². The molecule has 0 N–H and O–H groups in total. The molecule has 0 aliphatic heterocycles. The Kier molecular flexibility index (Phi) is 7.11. The first kappa shape index (κ1) is 13.2. The second-order valence-electron chi connectivity index (χ2n) is 3.07. The molecule has 0 bridgehead atoms. The number of hydrogen-bond donors (Lipinski definition) is 0. The lowest BCUT2D eigenvalue weighted by Crippen LogP contribution is -2.31. The third-order valence-corrected chi connectivity index (χ3v) is 2.19. The minimum atomic E-state index is -0.258. The molecule has 0 aliphatic rings. The standard InChI is InChI=1S/C11H21NO2/c1-5-12(6-2)10(4)8-9-11(13)14-7-3/h8-10H,5-7H2,1-4H3/b9-8+/t10-/m0/s1. The Hall–Kier alpha value is -0.830. The average Bonchev–Trinajstić information content (AvgIpc) is 2.17. The Bertz CT molecular complexity index is 186. The van der Waals surface area contributed by atoms with Gasteiger partial charge in [-0.05, 0) is 26.9 Å². The Morgan fingerprint density at radius 2 is 1.93 bits per heavy atom. The smallest absolute Gasteiger partial charge is 0.330 e. The second-order valence-corrected chi connectivity index (χ2v) is 3.07. The van der Waals surface area contributed by atoms with Gasteiger partial charge in [-0.2, -0.15) is 0 Å². The fourth-order valence-electron chi connectivity index (χ4n) is 1.33. The lowest BCUT2D eigenvalue weighted by Gasteiger charge is -2.23. The van der Waals surface area contributed by atoms with Crippen molar-refractivity contribution in [3.8, 4) is 0 Å². The van der Waals surface area contributed by atoms with Gasteiger partial charge in [-0.1, -0.05) is 19.9 Å². The van der Waals surface area contributed by atoms with E-state index < -0.39 is 0 Å². The predicted octanol–water partition coefficient (Wildman–Crippen LogP) is 1.84. The SMILES string of the molecule is CCOC(=O)/C=C/[C@H](C)N(CC)CC. The molecule has 0 fully saturated rings. The first-order valence-electron chi connectivity index (χ1n) is 5.24. The first-order chi connectivity index (χ1) is 6.65. The van der Waals surface area contributed by atoms with Crippen LogP contribution in [0.1, 0.15) is 27.7 Å². The van der Waals surface area contributed by atoms with E-state index in [0.717, 1.165) is 13.1 Å². The van der Waals surface area contributed by atoms with Gasteiger partial charge < -0.3 is 4.74 Å². The maximum Gasteiger partial charge on any atom is 0.330 e. The van der Waals surface area contributed by atoms with Crippen LogP contribution in [0.15, 0.2) is 12.2 Å². The summed E-state index contributed by atoms with van der Waals surface area (Å²) in [7, 11) is 0. The average molecular weight is 199 g/mol. The highest BCUT2D eigenvalue weighted by atomic mass is 16.5. The summed E-state index contributed by atoms with van der Waals surface area (Å²) in [6.45, 7) is 10.5. The fraction of sp³-hybridized carbons (Fsp3) is 0.727. The largest absolute Gasteiger partial charge is 0.463 e. The minimum absolute atomic E-state index is 0.258. The van der Waals surface area contributed by atoms with Crippen LogP contribution in [-0.2, 0) is 9.53 Å². The van der Waals surface area contributed by atoms with Crippen molar-refractivity contribution in [1.82, 2.24) is 4.90 Å². The minimum Gasteiger partial charge on any atom is -0.463 e. The summed E-state index contributed by atoms with van der Waals surface area (Å²) in [6.07, 6.45) is 3.39. The van der Waals surface area contributed by atoms with Crippen molar-refractivity contribution in [2.45, 2.75) is 33.7 Å². The van der Waals surface area contributed by atoms with Crippen LogP contribution in [0, 0.1) is 0 Å². The monoisotopic (exact) mass is 199 g/mol. The van der Waals surface area contributed by atoms with Crippen LogP contribution in [0.25, 0.3) is 0 Å². The van der Waals surface area contributed by atoms with E-state index >= 15 is 0 Å². The number of carbonyl (C=O) groups excluding carboxylic acids is 1. The molecule has 82 valence electrons. The lowest BCUT2D eigenvalue weighted by molar-refractivity contribution is -0.137. The normalized spacial score (nSPS) is 13.5. The summed E-state index contributed by atoms with van der Waals surface area (Å²) in [5.74, 6) is -0.258. The highest BCUT2D eigenvalue weighted by molar-refractivity contribution is 5.81. The van der Waals surface area contributed by atoms with E-state index in [4.69, 9.17) is 4.74 Å². The van der Waals surface area contributed by atoms with Gasteiger partial charge in [0.25, 0.3) is 0 Å². The molecule has 14 heavy (non-hydrogen) atoms. The molecule has 0 unspecified atom stereocenters. The molecule has 1 atom stereocenters. The van der Waals surface area contributed by atoms with E-state index in [1.807, 2.05) is 6.08 Å².